The van der Waals surface area contributed by atoms with E-state index in [1.807, 2.05) is 24.3 Å². The Bertz CT molecular complexity index is 974. The van der Waals surface area contributed by atoms with E-state index in [0.29, 0.717) is 12.3 Å². The number of furan rings is 1. The van der Waals surface area contributed by atoms with Crippen LogP contribution in [0.5, 0.6) is 0 Å². The van der Waals surface area contributed by atoms with Crippen LogP contribution < -0.4 is 5.56 Å². The van der Waals surface area contributed by atoms with Crippen LogP contribution in [0.4, 0.5) is 0 Å². The largest absolute Gasteiger partial charge is 0.462 e. The smallest absolute Gasteiger partial charge is 0.342 e. The third kappa shape index (κ3) is 2.87. The van der Waals surface area contributed by atoms with Gasteiger partial charge in [-0.2, -0.15) is 0 Å². The molecule has 3 aromatic rings. The molecule has 6 nitrogen and oxygen atoms in total. The third-order valence-corrected chi connectivity index (χ3v) is 4.41. The van der Waals surface area contributed by atoms with E-state index in [0.717, 1.165) is 10.0 Å². The molecule has 124 valence electrons. The molecule has 0 saturated heterocycles. The molecule has 0 unspecified atom stereocenters. The van der Waals surface area contributed by atoms with Crippen molar-refractivity contribution in [2.45, 2.75) is 20.4 Å². The second-order valence-electron chi connectivity index (χ2n) is 5.20. The van der Waals surface area contributed by atoms with Gasteiger partial charge in [0, 0.05) is 4.47 Å². The molecular weight excluding hydrogens is 376 g/mol. The van der Waals surface area contributed by atoms with Crippen LogP contribution in [0, 0.1) is 6.92 Å². The first-order valence-electron chi connectivity index (χ1n) is 7.42. The lowest BCUT2D eigenvalue weighted by Gasteiger charge is -2.07. The molecule has 0 N–H and O–H groups in total. The maximum Gasteiger partial charge on any atom is 0.342 e. The number of benzene rings is 1. The SMILES string of the molecule is CCOC(=O)c1c(C)oc2ncn(Cc3ccccc3Br)c(=O)c12. The topological polar surface area (TPSA) is 74.3 Å². The number of hydrogen-bond donors (Lipinski definition) is 0. The first-order chi connectivity index (χ1) is 11.5. The van der Waals surface area contributed by atoms with Crippen LogP contribution in [-0.2, 0) is 11.3 Å². The van der Waals surface area contributed by atoms with Crippen molar-refractivity contribution in [1.82, 2.24) is 9.55 Å². The fourth-order valence-corrected chi connectivity index (χ4v) is 2.92. The zero-order valence-electron chi connectivity index (χ0n) is 13.2. The minimum Gasteiger partial charge on any atom is -0.462 e. The maximum atomic E-state index is 12.8. The minimum atomic E-state index is -0.578. The summed E-state index contributed by atoms with van der Waals surface area (Å²) in [5, 5.41) is 0.153. The molecule has 0 saturated carbocycles. The minimum absolute atomic E-state index is 0.143. The number of carbonyl (C=O) groups is 1. The average Bonchev–Trinajstić information content (AvgIpc) is 2.89. The van der Waals surface area contributed by atoms with E-state index in [4.69, 9.17) is 9.15 Å². The molecule has 2 heterocycles. The van der Waals surface area contributed by atoms with Gasteiger partial charge in [-0.1, -0.05) is 34.1 Å². The van der Waals surface area contributed by atoms with Gasteiger partial charge in [-0.15, -0.1) is 0 Å². The summed E-state index contributed by atoms with van der Waals surface area (Å²) in [5.41, 5.74) is 0.879. The van der Waals surface area contributed by atoms with Gasteiger partial charge in [-0.3, -0.25) is 9.36 Å². The van der Waals surface area contributed by atoms with Crippen LogP contribution in [0.3, 0.4) is 0 Å². The predicted molar refractivity (Wildman–Crippen MR) is 92.2 cm³/mol. The zero-order valence-corrected chi connectivity index (χ0v) is 14.8. The van der Waals surface area contributed by atoms with E-state index in [2.05, 4.69) is 20.9 Å². The molecule has 0 bridgehead atoms. The molecule has 24 heavy (non-hydrogen) atoms. The molecule has 7 heteroatoms. The highest BCUT2D eigenvalue weighted by Crippen LogP contribution is 2.22. The lowest BCUT2D eigenvalue weighted by molar-refractivity contribution is 0.0526. The molecular formula is C17H15BrN2O4. The summed E-state index contributed by atoms with van der Waals surface area (Å²) < 4.78 is 12.8. The summed E-state index contributed by atoms with van der Waals surface area (Å²) in [6.45, 7) is 3.87. The molecule has 2 aromatic heterocycles. The van der Waals surface area contributed by atoms with Crippen molar-refractivity contribution in [2.75, 3.05) is 6.61 Å². The summed E-state index contributed by atoms with van der Waals surface area (Å²) in [7, 11) is 0. The standard InChI is InChI=1S/C17H15BrN2O4/c1-3-23-17(22)13-10(2)24-15-14(13)16(21)20(9-19-15)8-11-6-4-5-7-12(11)18/h4-7,9H,3,8H2,1-2H3. The second-order valence-corrected chi connectivity index (χ2v) is 6.06. The molecule has 0 aliphatic heterocycles. The van der Waals surface area contributed by atoms with Gasteiger partial charge in [-0.05, 0) is 25.5 Å². The van der Waals surface area contributed by atoms with Crippen LogP contribution >= 0.6 is 15.9 Å². The lowest BCUT2D eigenvalue weighted by Crippen LogP contribution is -2.22. The number of carbonyl (C=O) groups excluding carboxylic acids is 1. The highest BCUT2D eigenvalue weighted by atomic mass is 79.9. The van der Waals surface area contributed by atoms with E-state index in [1.165, 1.54) is 10.9 Å². The summed E-state index contributed by atoms with van der Waals surface area (Å²) >= 11 is 3.46. The molecule has 0 amide bonds. The van der Waals surface area contributed by atoms with Gasteiger partial charge in [0.2, 0.25) is 5.71 Å². The Kier molecular flexibility index (Phi) is 4.53. The number of aryl methyl sites for hydroxylation is 1. The highest BCUT2D eigenvalue weighted by molar-refractivity contribution is 9.10. The van der Waals surface area contributed by atoms with E-state index in [-0.39, 0.29) is 28.8 Å². The Morgan fingerprint density at radius 1 is 1.38 bits per heavy atom. The highest BCUT2D eigenvalue weighted by Gasteiger charge is 2.23. The van der Waals surface area contributed by atoms with Crippen molar-refractivity contribution >= 4 is 33.0 Å². The second kappa shape index (κ2) is 6.60. The molecule has 0 spiro atoms. The number of hydrogen-bond acceptors (Lipinski definition) is 5. The number of esters is 1. The molecule has 0 aliphatic rings. The van der Waals surface area contributed by atoms with Crippen molar-refractivity contribution < 1.29 is 13.9 Å². The van der Waals surface area contributed by atoms with Gasteiger partial charge >= 0.3 is 5.97 Å². The number of nitrogens with zero attached hydrogens (tertiary/aromatic N) is 2. The predicted octanol–water partition coefficient (Wildman–Crippen LogP) is 3.29. The van der Waals surface area contributed by atoms with E-state index >= 15 is 0 Å². The third-order valence-electron chi connectivity index (χ3n) is 3.63. The summed E-state index contributed by atoms with van der Waals surface area (Å²) in [6.07, 6.45) is 1.42. The number of fused-ring (bicyclic) bond motifs is 1. The molecule has 0 atom stereocenters. The number of aromatic nitrogens is 2. The summed E-state index contributed by atoms with van der Waals surface area (Å²) in [6, 6.07) is 7.60. The monoisotopic (exact) mass is 390 g/mol. The first-order valence-corrected chi connectivity index (χ1v) is 8.21. The fraction of sp³-hybridized carbons (Fsp3) is 0.235. The van der Waals surface area contributed by atoms with Gasteiger partial charge in [0.1, 0.15) is 23.0 Å². The molecule has 0 aliphatic carbocycles. The van der Waals surface area contributed by atoms with Crippen molar-refractivity contribution in [3.63, 3.8) is 0 Å². The zero-order chi connectivity index (χ0) is 17.3. The first kappa shape index (κ1) is 16.4. The van der Waals surface area contributed by atoms with Gasteiger partial charge < -0.3 is 9.15 Å². The quantitative estimate of drug-likeness (QED) is 0.639. The van der Waals surface area contributed by atoms with Crippen molar-refractivity contribution in [3.8, 4) is 0 Å². The summed E-state index contributed by atoms with van der Waals surface area (Å²) in [5.74, 6) is -0.252. The van der Waals surface area contributed by atoms with Crippen LogP contribution in [0.1, 0.15) is 28.6 Å². The van der Waals surface area contributed by atoms with Crippen molar-refractivity contribution in [1.29, 1.82) is 0 Å². The van der Waals surface area contributed by atoms with Gasteiger partial charge in [0.25, 0.3) is 5.56 Å². The Hall–Kier alpha value is -2.41. The molecule has 3 rings (SSSR count). The Morgan fingerprint density at radius 3 is 2.83 bits per heavy atom. The van der Waals surface area contributed by atoms with Gasteiger partial charge in [-0.25, -0.2) is 9.78 Å². The Labute approximate surface area is 146 Å². The normalized spacial score (nSPS) is 11.0. The Morgan fingerprint density at radius 2 is 2.12 bits per heavy atom. The average molecular weight is 391 g/mol. The van der Waals surface area contributed by atoms with Gasteiger partial charge in [0.05, 0.1) is 13.2 Å². The van der Waals surface area contributed by atoms with Crippen molar-refractivity contribution in [3.05, 3.63) is 62.3 Å². The van der Waals surface area contributed by atoms with Crippen molar-refractivity contribution in [2.24, 2.45) is 0 Å². The van der Waals surface area contributed by atoms with Crippen LogP contribution in [0.2, 0.25) is 0 Å². The molecule has 1 aromatic carbocycles. The fourth-order valence-electron chi connectivity index (χ4n) is 2.51. The van der Waals surface area contributed by atoms with Crippen LogP contribution in [0.15, 0.2) is 44.3 Å². The lowest BCUT2D eigenvalue weighted by atomic mass is 10.2. The number of ether oxygens (including phenoxy) is 1. The molecule has 0 fully saturated rings. The van der Waals surface area contributed by atoms with Crippen LogP contribution in [-0.4, -0.2) is 22.1 Å². The van der Waals surface area contributed by atoms with Crippen LogP contribution in [0.25, 0.3) is 11.1 Å². The van der Waals surface area contributed by atoms with E-state index < -0.39 is 5.97 Å². The number of halogens is 1. The molecule has 0 radical (unpaired) electrons. The maximum absolute atomic E-state index is 12.8. The van der Waals surface area contributed by atoms with E-state index in [9.17, 15) is 9.59 Å². The Balaban J connectivity index is 2.14. The van der Waals surface area contributed by atoms with E-state index in [1.54, 1.807) is 13.8 Å². The van der Waals surface area contributed by atoms with Gasteiger partial charge in [0.15, 0.2) is 0 Å². The number of rotatable bonds is 4. The summed E-state index contributed by atoms with van der Waals surface area (Å²) in [4.78, 5) is 29.1.